The molecule has 2 fully saturated rings. The number of aromatic nitrogens is 5. The van der Waals surface area contributed by atoms with Gasteiger partial charge in [0.25, 0.3) is 0 Å². The Balaban J connectivity index is 1.51. The fraction of sp³-hybridized carbons (Fsp3) is 0.455. The van der Waals surface area contributed by atoms with Crippen LogP contribution in [0.5, 0.6) is 0 Å². The summed E-state index contributed by atoms with van der Waals surface area (Å²) < 4.78 is 9.54. The third kappa shape index (κ3) is 3.89. The SMILES string of the molecule is Cc1cc(C2C(c3ccccn3)NC(=S)N2CCN2CCOCC2)c(C)n1-n1cnnc1. The van der Waals surface area contributed by atoms with E-state index in [0.717, 1.165) is 61.6 Å². The molecule has 0 bridgehead atoms. The van der Waals surface area contributed by atoms with E-state index in [1.54, 1.807) is 12.7 Å². The van der Waals surface area contributed by atoms with E-state index in [1.807, 2.05) is 23.0 Å². The van der Waals surface area contributed by atoms with Gasteiger partial charge in [-0.3, -0.25) is 14.6 Å². The monoisotopic (exact) mass is 452 g/mol. The number of ether oxygens (including phenoxy) is 1. The van der Waals surface area contributed by atoms with Crippen LogP contribution < -0.4 is 5.32 Å². The molecular formula is C22H28N8OS. The van der Waals surface area contributed by atoms with E-state index in [9.17, 15) is 0 Å². The summed E-state index contributed by atoms with van der Waals surface area (Å²) >= 11 is 5.84. The number of hydrogen-bond acceptors (Lipinski definition) is 6. The van der Waals surface area contributed by atoms with Crippen LogP contribution in [0.25, 0.3) is 0 Å². The predicted octanol–water partition coefficient (Wildman–Crippen LogP) is 1.71. The molecule has 0 aliphatic carbocycles. The zero-order chi connectivity index (χ0) is 22.1. The van der Waals surface area contributed by atoms with Crippen LogP contribution in [0.3, 0.4) is 0 Å². The average Bonchev–Trinajstić information content (AvgIpc) is 3.52. The van der Waals surface area contributed by atoms with E-state index in [-0.39, 0.29) is 12.1 Å². The van der Waals surface area contributed by atoms with Gasteiger partial charge in [-0.05, 0) is 44.3 Å². The molecule has 0 aromatic carbocycles. The van der Waals surface area contributed by atoms with Gasteiger partial charge >= 0.3 is 0 Å². The number of nitrogens with one attached hydrogen (secondary N) is 1. The zero-order valence-electron chi connectivity index (χ0n) is 18.4. The molecule has 2 saturated heterocycles. The van der Waals surface area contributed by atoms with Gasteiger partial charge in [0.2, 0.25) is 0 Å². The zero-order valence-corrected chi connectivity index (χ0v) is 19.2. The number of hydrogen-bond donors (Lipinski definition) is 1. The molecule has 2 aliphatic rings. The van der Waals surface area contributed by atoms with Crippen LogP contribution in [-0.4, -0.2) is 78.8 Å². The number of morpholine rings is 1. The van der Waals surface area contributed by atoms with E-state index in [2.05, 4.69) is 61.0 Å². The second-order valence-corrected chi connectivity index (χ2v) is 8.64. The molecule has 168 valence electrons. The molecule has 0 saturated carbocycles. The highest BCUT2D eigenvalue weighted by atomic mass is 32.1. The summed E-state index contributed by atoms with van der Waals surface area (Å²) in [5, 5.41) is 12.3. The third-order valence-electron chi connectivity index (χ3n) is 6.35. The first-order valence-electron chi connectivity index (χ1n) is 11.0. The fourth-order valence-electron chi connectivity index (χ4n) is 4.79. The lowest BCUT2D eigenvalue weighted by Gasteiger charge is -2.32. The maximum Gasteiger partial charge on any atom is 0.170 e. The molecule has 0 amide bonds. The number of aryl methyl sites for hydroxylation is 1. The predicted molar refractivity (Wildman–Crippen MR) is 124 cm³/mol. The van der Waals surface area contributed by atoms with E-state index in [4.69, 9.17) is 17.0 Å². The fourth-order valence-corrected chi connectivity index (χ4v) is 5.12. The van der Waals surface area contributed by atoms with Crippen molar-refractivity contribution in [3.8, 4) is 0 Å². The van der Waals surface area contributed by atoms with Gasteiger partial charge in [0.1, 0.15) is 12.7 Å². The van der Waals surface area contributed by atoms with Gasteiger partial charge in [0.15, 0.2) is 5.11 Å². The summed E-state index contributed by atoms with van der Waals surface area (Å²) in [6.07, 6.45) is 5.27. The first-order chi connectivity index (χ1) is 15.6. The van der Waals surface area contributed by atoms with Crippen molar-refractivity contribution in [1.29, 1.82) is 0 Å². The van der Waals surface area contributed by atoms with Crippen molar-refractivity contribution in [1.82, 2.24) is 39.7 Å². The molecule has 3 aromatic heterocycles. The lowest BCUT2D eigenvalue weighted by molar-refractivity contribution is 0.0350. The lowest BCUT2D eigenvalue weighted by atomic mass is 9.97. The maximum absolute atomic E-state index is 5.84. The van der Waals surface area contributed by atoms with Gasteiger partial charge in [-0.1, -0.05) is 6.07 Å². The van der Waals surface area contributed by atoms with Crippen molar-refractivity contribution in [2.75, 3.05) is 39.4 Å². The molecule has 3 aromatic rings. The highest BCUT2D eigenvalue weighted by Gasteiger charge is 2.41. The van der Waals surface area contributed by atoms with Crippen LogP contribution in [0.2, 0.25) is 0 Å². The first kappa shape index (κ1) is 21.0. The molecule has 2 atom stereocenters. The quantitative estimate of drug-likeness (QED) is 0.567. The van der Waals surface area contributed by atoms with Crippen LogP contribution in [0.4, 0.5) is 0 Å². The molecule has 0 spiro atoms. The molecule has 1 N–H and O–H groups in total. The molecular weight excluding hydrogens is 424 g/mol. The molecule has 2 unspecified atom stereocenters. The van der Waals surface area contributed by atoms with E-state index < -0.39 is 0 Å². The van der Waals surface area contributed by atoms with Crippen molar-refractivity contribution in [2.24, 2.45) is 0 Å². The van der Waals surface area contributed by atoms with Crippen molar-refractivity contribution < 1.29 is 4.74 Å². The normalized spacial score (nSPS) is 21.8. The Morgan fingerprint density at radius 3 is 2.62 bits per heavy atom. The Bertz CT molecular complexity index is 1060. The highest BCUT2D eigenvalue weighted by Crippen LogP contribution is 2.40. The minimum absolute atomic E-state index is 0.0248. The summed E-state index contributed by atoms with van der Waals surface area (Å²) in [5.41, 5.74) is 4.46. The second kappa shape index (κ2) is 8.97. The highest BCUT2D eigenvalue weighted by molar-refractivity contribution is 7.80. The van der Waals surface area contributed by atoms with Gasteiger partial charge in [-0.15, -0.1) is 10.2 Å². The van der Waals surface area contributed by atoms with Crippen LogP contribution in [0, 0.1) is 13.8 Å². The largest absolute Gasteiger partial charge is 0.379 e. The Morgan fingerprint density at radius 2 is 1.91 bits per heavy atom. The molecule has 10 heteroatoms. The van der Waals surface area contributed by atoms with Crippen LogP contribution in [0.15, 0.2) is 43.1 Å². The Kier molecular flexibility index (Phi) is 5.90. The summed E-state index contributed by atoms with van der Waals surface area (Å²) in [7, 11) is 0. The first-order valence-corrected chi connectivity index (χ1v) is 11.4. The summed E-state index contributed by atoms with van der Waals surface area (Å²) in [5.74, 6) is 0. The maximum atomic E-state index is 5.84. The minimum atomic E-state index is -0.0248. The van der Waals surface area contributed by atoms with Crippen LogP contribution >= 0.6 is 12.2 Å². The van der Waals surface area contributed by atoms with Crippen molar-refractivity contribution in [3.05, 3.63) is 65.8 Å². The standard InChI is InChI=1S/C22H28N8OS/c1-16-13-18(17(2)30(16)28-14-24-25-15-28)21-20(19-5-3-4-6-23-19)26-22(32)29(21)8-7-27-9-11-31-12-10-27/h3-6,13-15,20-21H,7-12H2,1-2H3,(H,26,32). The lowest BCUT2D eigenvalue weighted by Crippen LogP contribution is -2.42. The van der Waals surface area contributed by atoms with Crippen LogP contribution in [-0.2, 0) is 4.74 Å². The Morgan fingerprint density at radius 1 is 1.12 bits per heavy atom. The topological polar surface area (TPSA) is 76.3 Å². The molecule has 5 rings (SSSR count). The van der Waals surface area contributed by atoms with E-state index in [1.165, 1.54) is 5.56 Å². The van der Waals surface area contributed by atoms with Gasteiger partial charge < -0.3 is 15.0 Å². The van der Waals surface area contributed by atoms with Crippen molar-refractivity contribution in [2.45, 2.75) is 25.9 Å². The van der Waals surface area contributed by atoms with E-state index in [0.29, 0.717) is 0 Å². The Hall–Kier alpha value is -2.82. The van der Waals surface area contributed by atoms with Crippen LogP contribution in [0.1, 0.15) is 34.7 Å². The van der Waals surface area contributed by atoms with E-state index >= 15 is 0 Å². The number of pyridine rings is 1. The number of rotatable bonds is 6. The van der Waals surface area contributed by atoms with Crippen molar-refractivity contribution >= 4 is 17.3 Å². The molecule has 32 heavy (non-hydrogen) atoms. The van der Waals surface area contributed by atoms with Gasteiger partial charge in [0, 0.05) is 49.3 Å². The smallest absolute Gasteiger partial charge is 0.170 e. The molecule has 9 nitrogen and oxygen atoms in total. The van der Waals surface area contributed by atoms with Gasteiger partial charge in [0.05, 0.1) is 31.0 Å². The average molecular weight is 453 g/mol. The summed E-state index contributed by atoms with van der Waals surface area (Å²) in [6.45, 7) is 9.54. The summed E-state index contributed by atoms with van der Waals surface area (Å²) in [4.78, 5) is 9.42. The number of nitrogens with zero attached hydrogens (tertiary/aromatic N) is 7. The molecule has 5 heterocycles. The third-order valence-corrected chi connectivity index (χ3v) is 6.70. The number of thiocarbonyl (C=S) groups is 1. The second-order valence-electron chi connectivity index (χ2n) is 8.25. The van der Waals surface area contributed by atoms with Gasteiger partial charge in [-0.25, -0.2) is 4.68 Å². The molecule has 0 radical (unpaired) electrons. The Labute approximate surface area is 193 Å². The van der Waals surface area contributed by atoms with Crippen molar-refractivity contribution in [3.63, 3.8) is 0 Å². The summed E-state index contributed by atoms with van der Waals surface area (Å²) in [6, 6.07) is 8.30. The molecule has 2 aliphatic heterocycles. The van der Waals surface area contributed by atoms with Gasteiger partial charge in [-0.2, -0.15) is 0 Å². The minimum Gasteiger partial charge on any atom is -0.379 e.